The van der Waals surface area contributed by atoms with Crippen molar-refractivity contribution in [2.75, 3.05) is 0 Å². The second kappa shape index (κ2) is 3.63. The van der Waals surface area contributed by atoms with E-state index in [0.717, 1.165) is 11.5 Å². The van der Waals surface area contributed by atoms with Crippen molar-refractivity contribution in [2.24, 2.45) is 13.0 Å². The first-order valence-electron chi connectivity index (χ1n) is 5.86. The van der Waals surface area contributed by atoms with E-state index in [1.807, 2.05) is 24.7 Å². The molecule has 1 atom stereocenters. The van der Waals surface area contributed by atoms with Crippen LogP contribution in [0, 0.1) is 12.8 Å². The van der Waals surface area contributed by atoms with Crippen LogP contribution in [-0.4, -0.2) is 25.0 Å². The zero-order valence-corrected chi connectivity index (χ0v) is 10.3. The highest BCUT2D eigenvalue weighted by molar-refractivity contribution is 5.49. The van der Waals surface area contributed by atoms with Crippen molar-refractivity contribution in [3.63, 3.8) is 0 Å². The van der Waals surface area contributed by atoms with Gasteiger partial charge in [-0.3, -0.25) is 0 Å². The van der Waals surface area contributed by atoms with E-state index in [1.165, 1.54) is 0 Å². The normalized spacial score (nSPS) is 21.2. The molecule has 6 heteroatoms. The predicted molar refractivity (Wildman–Crippen MR) is 62.2 cm³/mol. The summed E-state index contributed by atoms with van der Waals surface area (Å²) in [6, 6.07) is 0. The molecular formula is C12H14F2N4. The van der Waals surface area contributed by atoms with E-state index < -0.39 is 11.8 Å². The molecule has 1 unspecified atom stereocenters. The molecule has 0 N–H and O–H groups in total. The van der Waals surface area contributed by atoms with Crippen molar-refractivity contribution < 1.29 is 8.78 Å². The van der Waals surface area contributed by atoms with Crippen molar-refractivity contribution in [1.29, 1.82) is 0 Å². The van der Waals surface area contributed by atoms with Gasteiger partial charge in [0.15, 0.2) is 5.82 Å². The van der Waals surface area contributed by atoms with Crippen molar-refractivity contribution in [2.45, 2.75) is 25.8 Å². The molecule has 2 aromatic rings. The van der Waals surface area contributed by atoms with Gasteiger partial charge < -0.3 is 9.13 Å². The van der Waals surface area contributed by atoms with E-state index >= 15 is 0 Å². The lowest BCUT2D eigenvalue weighted by Crippen LogP contribution is -2.06. The van der Waals surface area contributed by atoms with Gasteiger partial charge in [0.2, 0.25) is 0 Å². The molecule has 2 heterocycles. The minimum atomic E-state index is -2.50. The van der Waals surface area contributed by atoms with E-state index in [4.69, 9.17) is 0 Å². The summed E-state index contributed by atoms with van der Waals surface area (Å²) < 4.78 is 29.5. The molecule has 0 bridgehead atoms. The number of imidazole rings is 2. The summed E-state index contributed by atoms with van der Waals surface area (Å²) >= 11 is 0. The van der Waals surface area contributed by atoms with E-state index in [0.29, 0.717) is 12.4 Å². The lowest BCUT2D eigenvalue weighted by atomic mass is 10.3. The first-order chi connectivity index (χ1) is 8.47. The van der Waals surface area contributed by atoms with Crippen molar-refractivity contribution in [3.05, 3.63) is 24.4 Å². The van der Waals surface area contributed by atoms with Gasteiger partial charge in [-0.05, 0) is 6.92 Å². The molecule has 0 saturated heterocycles. The van der Waals surface area contributed by atoms with Crippen molar-refractivity contribution >= 4 is 0 Å². The quantitative estimate of drug-likeness (QED) is 0.840. The summed E-state index contributed by atoms with van der Waals surface area (Å²) in [5.74, 6) is -1.53. The number of rotatable bonds is 3. The lowest BCUT2D eigenvalue weighted by Gasteiger charge is -2.04. The fraction of sp³-hybridized carbons (Fsp3) is 0.500. The van der Waals surface area contributed by atoms with Crippen molar-refractivity contribution in [1.82, 2.24) is 19.1 Å². The molecule has 1 saturated carbocycles. The Hall–Kier alpha value is -1.72. The number of hydrogen-bond donors (Lipinski definition) is 0. The monoisotopic (exact) mass is 252 g/mol. The second-order valence-electron chi connectivity index (χ2n) is 4.85. The van der Waals surface area contributed by atoms with Crippen LogP contribution < -0.4 is 0 Å². The Balaban J connectivity index is 1.87. The SMILES string of the molecule is Cc1nc(-c2nccn2CC2CC2(F)F)cn1C. The number of halogens is 2. The van der Waals surface area contributed by atoms with Crippen LogP contribution in [0.5, 0.6) is 0 Å². The lowest BCUT2D eigenvalue weighted by molar-refractivity contribution is 0.0952. The Bertz CT molecular complexity index is 565. The Morgan fingerprint density at radius 3 is 2.78 bits per heavy atom. The summed E-state index contributed by atoms with van der Waals surface area (Å²) in [6.07, 6.45) is 5.19. The summed E-state index contributed by atoms with van der Waals surface area (Å²) in [6.45, 7) is 2.20. The highest BCUT2D eigenvalue weighted by Crippen LogP contribution is 2.49. The molecule has 1 aliphatic carbocycles. The second-order valence-corrected chi connectivity index (χ2v) is 4.85. The van der Waals surface area contributed by atoms with Crippen LogP contribution in [0.25, 0.3) is 11.5 Å². The first-order valence-corrected chi connectivity index (χ1v) is 5.86. The van der Waals surface area contributed by atoms with Crippen LogP contribution in [0.3, 0.4) is 0 Å². The van der Waals surface area contributed by atoms with Crippen LogP contribution in [0.1, 0.15) is 12.2 Å². The standard InChI is InChI=1S/C12H14F2N4/c1-8-16-10(7-17(8)2)11-15-3-4-18(11)6-9-5-12(9,13)14/h3-4,7,9H,5-6H2,1-2H3. The third kappa shape index (κ3) is 1.81. The zero-order valence-electron chi connectivity index (χ0n) is 10.3. The van der Waals surface area contributed by atoms with Crippen LogP contribution in [0.4, 0.5) is 8.78 Å². The number of aryl methyl sites for hydroxylation is 2. The molecule has 3 rings (SSSR count). The fourth-order valence-corrected chi connectivity index (χ4v) is 2.06. The van der Waals surface area contributed by atoms with Crippen molar-refractivity contribution in [3.8, 4) is 11.5 Å². The number of hydrogen-bond acceptors (Lipinski definition) is 2. The van der Waals surface area contributed by atoms with E-state index in [2.05, 4.69) is 9.97 Å². The van der Waals surface area contributed by atoms with Gasteiger partial charge in [-0.15, -0.1) is 0 Å². The molecule has 1 aliphatic rings. The zero-order chi connectivity index (χ0) is 12.9. The van der Waals surface area contributed by atoms with Gasteiger partial charge >= 0.3 is 0 Å². The molecule has 0 amide bonds. The maximum Gasteiger partial charge on any atom is 0.253 e. The molecular weight excluding hydrogens is 238 g/mol. The summed E-state index contributed by atoms with van der Waals surface area (Å²) in [4.78, 5) is 8.58. The first kappa shape index (κ1) is 11.4. The third-order valence-electron chi connectivity index (χ3n) is 3.43. The van der Waals surface area contributed by atoms with Gasteiger partial charge in [0, 0.05) is 44.5 Å². The highest BCUT2D eigenvalue weighted by Gasteiger charge is 2.56. The fourth-order valence-electron chi connectivity index (χ4n) is 2.06. The van der Waals surface area contributed by atoms with Crippen LogP contribution in [-0.2, 0) is 13.6 Å². The van der Waals surface area contributed by atoms with Gasteiger partial charge in [0.05, 0.1) is 0 Å². The minimum absolute atomic E-state index is 0.0220. The summed E-state index contributed by atoms with van der Waals surface area (Å²) in [5, 5.41) is 0. The number of nitrogens with zero attached hydrogens (tertiary/aromatic N) is 4. The topological polar surface area (TPSA) is 35.6 Å². The summed E-state index contributed by atoms with van der Waals surface area (Å²) in [7, 11) is 1.90. The molecule has 0 aliphatic heterocycles. The van der Waals surface area contributed by atoms with Gasteiger partial charge in [-0.2, -0.15) is 0 Å². The Labute approximate surface area is 103 Å². The van der Waals surface area contributed by atoms with Gasteiger partial charge in [-0.1, -0.05) is 0 Å². The minimum Gasteiger partial charge on any atom is -0.337 e. The largest absolute Gasteiger partial charge is 0.337 e. The van der Waals surface area contributed by atoms with Crippen LogP contribution in [0.15, 0.2) is 18.6 Å². The molecule has 18 heavy (non-hydrogen) atoms. The van der Waals surface area contributed by atoms with E-state index in [1.54, 1.807) is 17.0 Å². The number of alkyl halides is 2. The van der Waals surface area contributed by atoms with Crippen LogP contribution >= 0.6 is 0 Å². The smallest absolute Gasteiger partial charge is 0.253 e. The highest BCUT2D eigenvalue weighted by atomic mass is 19.3. The van der Waals surface area contributed by atoms with E-state index in [9.17, 15) is 8.78 Å². The average molecular weight is 252 g/mol. The molecule has 1 fully saturated rings. The van der Waals surface area contributed by atoms with Gasteiger partial charge in [-0.25, -0.2) is 18.7 Å². The van der Waals surface area contributed by atoms with Gasteiger partial charge in [0.1, 0.15) is 11.5 Å². The Kier molecular flexibility index (Phi) is 2.30. The molecule has 0 spiro atoms. The van der Waals surface area contributed by atoms with E-state index in [-0.39, 0.29) is 6.42 Å². The molecule has 96 valence electrons. The predicted octanol–water partition coefficient (Wildman–Crippen LogP) is 2.25. The Morgan fingerprint density at radius 1 is 1.50 bits per heavy atom. The van der Waals surface area contributed by atoms with Crippen LogP contribution in [0.2, 0.25) is 0 Å². The average Bonchev–Trinajstić information content (AvgIpc) is 2.68. The molecule has 4 nitrogen and oxygen atoms in total. The molecule has 0 radical (unpaired) electrons. The molecule has 0 aromatic carbocycles. The van der Waals surface area contributed by atoms with Gasteiger partial charge in [0.25, 0.3) is 5.92 Å². The maximum atomic E-state index is 12.9. The summed E-state index contributed by atoms with van der Waals surface area (Å²) in [5.41, 5.74) is 0.726. The molecule has 2 aromatic heterocycles. The third-order valence-corrected chi connectivity index (χ3v) is 3.43. The number of aromatic nitrogens is 4. The Morgan fingerprint density at radius 2 is 2.22 bits per heavy atom. The maximum absolute atomic E-state index is 12.9.